The van der Waals surface area contributed by atoms with Gasteiger partial charge in [-0.1, -0.05) is 12.1 Å². The third kappa shape index (κ3) is 4.02. The van der Waals surface area contributed by atoms with Gasteiger partial charge < -0.3 is 15.0 Å². The van der Waals surface area contributed by atoms with Crippen molar-refractivity contribution in [2.24, 2.45) is 13.0 Å². The van der Waals surface area contributed by atoms with Gasteiger partial charge in [-0.15, -0.1) is 0 Å². The Hall–Kier alpha value is -2.93. The standard InChI is InChI=1S/C24H29N5O2/c1-15(19-11-23(30)25-13-19)31-24-20-14-29(3)27-22(20)12-21(26-24)18-5-4-16-6-8-28(2)9-7-17(16)10-18/h4-5,10,12,14-15,19H,6-9,11,13H2,1-3H3,(H,25,30)/t15?,19-/m1/s1. The Balaban J connectivity index is 1.50. The van der Waals surface area contributed by atoms with Gasteiger partial charge >= 0.3 is 0 Å². The van der Waals surface area contributed by atoms with Crippen molar-refractivity contribution < 1.29 is 9.53 Å². The minimum absolute atomic E-state index is 0.0873. The van der Waals surface area contributed by atoms with Crippen LogP contribution in [-0.2, 0) is 24.7 Å². The van der Waals surface area contributed by atoms with Gasteiger partial charge in [-0.05, 0) is 50.1 Å². The molecular weight excluding hydrogens is 390 g/mol. The number of carbonyl (C=O) groups excluding carboxylic acids is 1. The van der Waals surface area contributed by atoms with Crippen molar-refractivity contribution in [3.05, 3.63) is 41.6 Å². The molecule has 1 aromatic carbocycles. The van der Waals surface area contributed by atoms with E-state index in [2.05, 4.69) is 40.6 Å². The molecule has 162 valence electrons. The summed E-state index contributed by atoms with van der Waals surface area (Å²) >= 11 is 0. The first-order valence-electron chi connectivity index (χ1n) is 11.0. The number of aromatic nitrogens is 3. The number of hydrogen-bond acceptors (Lipinski definition) is 5. The van der Waals surface area contributed by atoms with E-state index in [4.69, 9.17) is 9.72 Å². The lowest BCUT2D eigenvalue weighted by Gasteiger charge is -2.19. The maximum Gasteiger partial charge on any atom is 0.225 e. The Kier molecular flexibility index (Phi) is 5.14. The predicted octanol–water partition coefficient (Wildman–Crippen LogP) is 2.57. The van der Waals surface area contributed by atoms with E-state index in [0.717, 1.165) is 48.1 Å². The first kappa shape index (κ1) is 20.0. The van der Waals surface area contributed by atoms with Crippen molar-refractivity contribution in [3.63, 3.8) is 0 Å². The first-order chi connectivity index (χ1) is 15.0. The van der Waals surface area contributed by atoms with Gasteiger partial charge in [0.1, 0.15) is 6.10 Å². The molecule has 2 aliphatic rings. The topological polar surface area (TPSA) is 72.3 Å². The Morgan fingerprint density at radius 1 is 1.16 bits per heavy atom. The molecule has 1 N–H and O–H groups in total. The van der Waals surface area contributed by atoms with E-state index in [1.165, 1.54) is 11.1 Å². The number of hydrogen-bond donors (Lipinski definition) is 1. The largest absolute Gasteiger partial charge is 0.474 e. The zero-order chi connectivity index (χ0) is 21.5. The first-order valence-corrected chi connectivity index (χ1v) is 11.0. The zero-order valence-corrected chi connectivity index (χ0v) is 18.4. The van der Waals surface area contributed by atoms with E-state index in [0.29, 0.717) is 18.8 Å². The molecule has 1 unspecified atom stereocenters. The van der Waals surface area contributed by atoms with Gasteiger partial charge in [-0.2, -0.15) is 5.10 Å². The molecule has 2 atom stereocenters. The van der Waals surface area contributed by atoms with Crippen LogP contribution in [0.4, 0.5) is 0 Å². The maximum atomic E-state index is 11.6. The highest BCUT2D eigenvalue weighted by Gasteiger charge is 2.29. The summed E-state index contributed by atoms with van der Waals surface area (Å²) in [6.07, 6.45) is 4.45. The molecule has 0 radical (unpaired) electrons. The summed E-state index contributed by atoms with van der Waals surface area (Å²) in [4.78, 5) is 18.9. The molecule has 31 heavy (non-hydrogen) atoms. The van der Waals surface area contributed by atoms with Gasteiger partial charge in [0, 0.05) is 50.8 Å². The Morgan fingerprint density at radius 2 is 1.97 bits per heavy atom. The summed E-state index contributed by atoms with van der Waals surface area (Å²) in [6, 6.07) is 8.72. The summed E-state index contributed by atoms with van der Waals surface area (Å²) in [5.41, 5.74) is 5.65. The van der Waals surface area contributed by atoms with Crippen LogP contribution in [0, 0.1) is 5.92 Å². The number of carbonyl (C=O) groups is 1. The average Bonchev–Trinajstić information content (AvgIpc) is 3.30. The minimum atomic E-state index is -0.118. The lowest BCUT2D eigenvalue weighted by atomic mass is 9.98. The summed E-state index contributed by atoms with van der Waals surface area (Å²) in [5.74, 6) is 0.820. The molecule has 2 aromatic heterocycles. The number of fused-ring (bicyclic) bond motifs is 2. The Morgan fingerprint density at radius 3 is 2.74 bits per heavy atom. The average molecular weight is 420 g/mol. The van der Waals surface area contributed by atoms with E-state index in [-0.39, 0.29) is 17.9 Å². The van der Waals surface area contributed by atoms with Crippen molar-refractivity contribution in [2.75, 3.05) is 26.7 Å². The number of nitrogens with one attached hydrogen (secondary N) is 1. The number of nitrogens with zero attached hydrogens (tertiary/aromatic N) is 4. The Labute approximate surface area is 182 Å². The molecule has 0 aliphatic carbocycles. The molecule has 2 aliphatic heterocycles. The molecule has 3 aromatic rings. The van der Waals surface area contributed by atoms with Crippen molar-refractivity contribution >= 4 is 16.8 Å². The summed E-state index contributed by atoms with van der Waals surface area (Å²) < 4.78 is 8.11. The van der Waals surface area contributed by atoms with Crippen molar-refractivity contribution in [2.45, 2.75) is 32.3 Å². The van der Waals surface area contributed by atoms with Gasteiger partial charge in [-0.3, -0.25) is 9.48 Å². The van der Waals surface area contributed by atoms with E-state index in [9.17, 15) is 4.79 Å². The number of amides is 1. The van der Waals surface area contributed by atoms with Crippen LogP contribution in [-0.4, -0.2) is 58.4 Å². The molecule has 1 saturated heterocycles. The number of pyridine rings is 1. The van der Waals surface area contributed by atoms with E-state index in [1.54, 1.807) is 4.68 Å². The minimum Gasteiger partial charge on any atom is -0.474 e. The smallest absolute Gasteiger partial charge is 0.225 e. The molecule has 7 nitrogen and oxygen atoms in total. The van der Waals surface area contributed by atoms with Gasteiger partial charge in [0.05, 0.1) is 16.6 Å². The summed E-state index contributed by atoms with van der Waals surface area (Å²) in [5, 5.41) is 8.40. The van der Waals surface area contributed by atoms with Gasteiger partial charge in [0.25, 0.3) is 0 Å². The van der Waals surface area contributed by atoms with Crippen LogP contribution in [0.15, 0.2) is 30.5 Å². The van der Waals surface area contributed by atoms with Crippen molar-refractivity contribution in [3.8, 4) is 17.1 Å². The number of rotatable bonds is 4. The fourth-order valence-corrected chi connectivity index (χ4v) is 4.57. The van der Waals surface area contributed by atoms with Crippen molar-refractivity contribution in [1.82, 2.24) is 25.0 Å². The predicted molar refractivity (Wildman–Crippen MR) is 120 cm³/mol. The molecule has 7 heteroatoms. The number of ether oxygens (including phenoxy) is 1. The third-order valence-electron chi connectivity index (χ3n) is 6.58. The molecule has 1 amide bonds. The van der Waals surface area contributed by atoms with E-state index in [1.807, 2.05) is 26.2 Å². The van der Waals surface area contributed by atoms with Gasteiger partial charge in [0.2, 0.25) is 11.8 Å². The van der Waals surface area contributed by atoms with Crippen LogP contribution in [0.5, 0.6) is 5.88 Å². The van der Waals surface area contributed by atoms with Crippen molar-refractivity contribution in [1.29, 1.82) is 0 Å². The fourth-order valence-electron chi connectivity index (χ4n) is 4.57. The number of aryl methyl sites for hydroxylation is 1. The molecular formula is C24H29N5O2. The Bertz CT molecular complexity index is 1140. The second kappa shape index (κ2) is 7.96. The monoisotopic (exact) mass is 419 g/mol. The summed E-state index contributed by atoms with van der Waals surface area (Å²) in [7, 11) is 4.09. The fraction of sp³-hybridized carbons (Fsp3) is 0.458. The van der Waals surface area contributed by atoms with Crippen LogP contribution in [0.3, 0.4) is 0 Å². The quantitative estimate of drug-likeness (QED) is 0.704. The highest BCUT2D eigenvalue weighted by atomic mass is 16.5. The molecule has 5 rings (SSSR count). The van der Waals surface area contributed by atoms with Crippen LogP contribution in [0.1, 0.15) is 24.5 Å². The number of benzene rings is 1. The lowest BCUT2D eigenvalue weighted by Crippen LogP contribution is -2.26. The SMILES string of the molecule is CC(Oc1nc(-c2ccc3c(c2)CCN(C)CC3)cc2nn(C)cc12)[C@H]1CNC(=O)C1. The normalized spacial score (nSPS) is 20.4. The molecule has 0 spiro atoms. The molecule has 1 fully saturated rings. The second-order valence-corrected chi connectivity index (χ2v) is 8.93. The van der Waals surface area contributed by atoms with Crippen LogP contribution < -0.4 is 10.1 Å². The molecule has 0 bridgehead atoms. The molecule has 0 saturated carbocycles. The van der Waals surface area contributed by atoms with E-state index >= 15 is 0 Å². The van der Waals surface area contributed by atoms with Gasteiger partial charge in [0.15, 0.2) is 0 Å². The van der Waals surface area contributed by atoms with Gasteiger partial charge in [-0.25, -0.2) is 4.98 Å². The summed E-state index contributed by atoms with van der Waals surface area (Å²) in [6.45, 7) is 4.83. The van der Waals surface area contributed by atoms with Crippen LogP contribution >= 0.6 is 0 Å². The van der Waals surface area contributed by atoms with Crippen LogP contribution in [0.25, 0.3) is 22.2 Å². The maximum absolute atomic E-state index is 11.6. The number of likely N-dealkylation sites (N-methyl/N-ethyl adjacent to an activating group) is 1. The zero-order valence-electron chi connectivity index (χ0n) is 18.4. The highest BCUT2D eigenvalue weighted by Crippen LogP contribution is 2.32. The van der Waals surface area contributed by atoms with Crippen LogP contribution in [0.2, 0.25) is 0 Å². The third-order valence-corrected chi connectivity index (χ3v) is 6.58. The lowest BCUT2D eigenvalue weighted by molar-refractivity contribution is -0.119. The molecule has 4 heterocycles. The second-order valence-electron chi connectivity index (χ2n) is 8.93. The highest BCUT2D eigenvalue weighted by molar-refractivity contribution is 5.87. The van der Waals surface area contributed by atoms with E-state index < -0.39 is 0 Å².